The number of nitrogens with zero attached hydrogens (tertiary/aromatic N) is 3. The number of carbonyl (C=O) groups excluding carboxylic acids is 1. The second-order valence-corrected chi connectivity index (χ2v) is 6.58. The van der Waals surface area contributed by atoms with Gasteiger partial charge in [0.15, 0.2) is 0 Å². The molecule has 0 bridgehead atoms. The number of benzene rings is 1. The molecule has 0 radical (unpaired) electrons. The van der Waals surface area contributed by atoms with Crippen LogP contribution in [0.5, 0.6) is 5.75 Å². The number of carbonyl (C=O) groups is 1. The van der Waals surface area contributed by atoms with E-state index in [0.717, 1.165) is 5.75 Å². The Balaban J connectivity index is 2.27. The van der Waals surface area contributed by atoms with Gasteiger partial charge in [0.05, 0.1) is 18.9 Å². The molecule has 2 aromatic rings. The quantitative estimate of drug-likeness (QED) is 0.512. The molecule has 1 aromatic carbocycles. The van der Waals surface area contributed by atoms with Crippen LogP contribution in [-0.2, 0) is 9.47 Å². The largest absolute Gasteiger partial charge is 0.494 e. The van der Waals surface area contributed by atoms with Crippen molar-refractivity contribution in [1.82, 2.24) is 15.3 Å². The Morgan fingerprint density at radius 2 is 1.93 bits per heavy atom. The van der Waals surface area contributed by atoms with Gasteiger partial charge >= 0.3 is 6.03 Å². The summed E-state index contributed by atoms with van der Waals surface area (Å²) >= 11 is 0. The van der Waals surface area contributed by atoms with E-state index in [1.807, 2.05) is 38.1 Å². The summed E-state index contributed by atoms with van der Waals surface area (Å²) in [4.78, 5) is 23.3. The molecule has 1 atom stereocenters. The molecule has 9 nitrogen and oxygen atoms in total. The van der Waals surface area contributed by atoms with Gasteiger partial charge < -0.3 is 24.8 Å². The second kappa shape index (κ2) is 12.6. The predicted molar refractivity (Wildman–Crippen MR) is 117 cm³/mol. The standard InChI is InChI=1S/C21H31N5O4/c1-5-30-18-9-7-17(8-10-18)26(21(27)23-12-6-14-28-3)19-11-13-22-20(25-19)24-16(2)15-29-4/h7-11,13,16H,5-6,12,14-15H2,1-4H3,(H,23,27)(H,22,24,25). The zero-order valence-corrected chi connectivity index (χ0v) is 18.1. The van der Waals surface area contributed by atoms with Crippen LogP contribution in [0.25, 0.3) is 0 Å². The van der Waals surface area contributed by atoms with Crippen LogP contribution in [0.3, 0.4) is 0 Å². The SMILES string of the molecule is CCOc1ccc(N(C(=O)NCCCOC)c2ccnc(NC(C)COC)n2)cc1. The molecule has 1 aromatic heterocycles. The maximum atomic E-state index is 13.0. The van der Waals surface area contributed by atoms with E-state index in [1.165, 1.54) is 4.90 Å². The lowest BCUT2D eigenvalue weighted by atomic mass is 10.2. The number of rotatable bonds is 12. The van der Waals surface area contributed by atoms with Crippen molar-refractivity contribution in [2.75, 3.05) is 50.8 Å². The summed E-state index contributed by atoms with van der Waals surface area (Å²) in [6.45, 7) is 6.03. The zero-order valence-electron chi connectivity index (χ0n) is 18.1. The number of urea groups is 1. The Labute approximate surface area is 177 Å². The van der Waals surface area contributed by atoms with Crippen molar-refractivity contribution in [3.05, 3.63) is 36.5 Å². The smallest absolute Gasteiger partial charge is 0.327 e. The highest BCUT2D eigenvalue weighted by Gasteiger charge is 2.20. The Bertz CT molecular complexity index is 772. The topological polar surface area (TPSA) is 97.8 Å². The highest BCUT2D eigenvalue weighted by molar-refractivity contribution is 5.98. The normalized spacial score (nSPS) is 11.6. The van der Waals surface area contributed by atoms with Crippen molar-refractivity contribution in [3.63, 3.8) is 0 Å². The van der Waals surface area contributed by atoms with Crippen LogP contribution in [0, 0.1) is 0 Å². The molecule has 0 spiro atoms. The third-order valence-corrected chi connectivity index (χ3v) is 4.07. The van der Waals surface area contributed by atoms with E-state index in [4.69, 9.17) is 14.2 Å². The van der Waals surface area contributed by atoms with Crippen molar-refractivity contribution in [1.29, 1.82) is 0 Å². The fraction of sp³-hybridized carbons (Fsp3) is 0.476. The second-order valence-electron chi connectivity index (χ2n) is 6.58. The van der Waals surface area contributed by atoms with Crippen LogP contribution in [0.1, 0.15) is 20.3 Å². The molecule has 0 aliphatic carbocycles. The summed E-state index contributed by atoms with van der Waals surface area (Å²) in [6.07, 6.45) is 2.33. The van der Waals surface area contributed by atoms with E-state index < -0.39 is 0 Å². The number of ether oxygens (including phenoxy) is 3. The Kier molecular flexibility index (Phi) is 9.82. The first-order valence-corrected chi connectivity index (χ1v) is 9.97. The van der Waals surface area contributed by atoms with Gasteiger partial charge in [0.1, 0.15) is 11.6 Å². The van der Waals surface area contributed by atoms with Crippen LogP contribution in [0.15, 0.2) is 36.5 Å². The van der Waals surface area contributed by atoms with Crippen molar-refractivity contribution in [3.8, 4) is 5.75 Å². The molecule has 164 valence electrons. The highest BCUT2D eigenvalue weighted by Crippen LogP contribution is 2.26. The maximum absolute atomic E-state index is 13.0. The molecule has 0 aliphatic heterocycles. The Morgan fingerprint density at radius 1 is 1.17 bits per heavy atom. The molecule has 0 fully saturated rings. The lowest BCUT2D eigenvalue weighted by Gasteiger charge is -2.23. The van der Waals surface area contributed by atoms with Gasteiger partial charge in [0.2, 0.25) is 5.95 Å². The summed E-state index contributed by atoms with van der Waals surface area (Å²) in [5.74, 6) is 1.60. The van der Waals surface area contributed by atoms with Gasteiger partial charge in [-0.2, -0.15) is 4.98 Å². The molecule has 1 heterocycles. The maximum Gasteiger partial charge on any atom is 0.327 e. The molecule has 0 saturated heterocycles. The fourth-order valence-electron chi connectivity index (χ4n) is 2.76. The minimum atomic E-state index is -0.287. The predicted octanol–water partition coefficient (Wildman–Crippen LogP) is 3.21. The van der Waals surface area contributed by atoms with E-state index in [9.17, 15) is 4.79 Å². The van der Waals surface area contributed by atoms with Crippen LogP contribution in [-0.4, -0.2) is 62.6 Å². The van der Waals surface area contributed by atoms with Crippen molar-refractivity contribution in [2.45, 2.75) is 26.3 Å². The van der Waals surface area contributed by atoms with Crippen LogP contribution >= 0.6 is 0 Å². The number of hydrogen-bond donors (Lipinski definition) is 2. The molecule has 0 aliphatic rings. The average Bonchev–Trinajstić information content (AvgIpc) is 2.73. The number of amides is 2. The molecule has 2 amide bonds. The molecule has 0 saturated carbocycles. The lowest BCUT2D eigenvalue weighted by molar-refractivity contribution is 0.190. The summed E-state index contributed by atoms with van der Waals surface area (Å²) < 4.78 is 15.7. The third-order valence-electron chi connectivity index (χ3n) is 4.07. The molecule has 2 N–H and O–H groups in total. The highest BCUT2D eigenvalue weighted by atomic mass is 16.5. The average molecular weight is 418 g/mol. The summed E-state index contributed by atoms with van der Waals surface area (Å²) in [6, 6.07) is 8.72. The Hall–Kier alpha value is -2.91. The third kappa shape index (κ3) is 7.16. The summed E-state index contributed by atoms with van der Waals surface area (Å²) in [5.41, 5.74) is 0.664. The number of nitrogens with one attached hydrogen (secondary N) is 2. The van der Waals surface area contributed by atoms with E-state index in [0.29, 0.717) is 50.2 Å². The van der Waals surface area contributed by atoms with Crippen LogP contribution < -0.4 is 20.3 Å². The lowest BCUT2D eigenvalue weighted by Crippen LogP contribution is -2.38. The van der Waals surface area contributed by atoms with Crippen molar-refractivity contribution >= 4 is 23.5 Å². The van der Waals surface area contributed by atoms with Crippen LogP contribution in [0.4, 0.5) is 22.2 Å². The first-order valence-electron chi connectivity index (χ1n) is 9.97. The van der Waals surface area contributed by atoms with E-state index >= 15 is 0 Å². The van der Waals surface area contributed by atoms with Gasteiger partial charge in [0.25, 0.3) is 0 Å². The zero-order chi connectivity index (χ0) is 21.8. The molecular weight excluding hydrogens is 386 g/mol. The minimum absolute atomic E-state index is 0.0204. The first kappa shape index (κ1) is 23.4. The van der Waals surface area contributed by atoms with Gasteiger partial charge in [-0.15, -0.1) is 0 Å². The van der Waals surface area contributed by atoms with Gasteiger partial charge in [0, 0.05) is 45.7 Å². The Morgan fingerprint density at radius 3 is 2.60 bits per heavy atom. The molecule has 1 unspecified atom stereocenters. The number of aromatic nitrogens is 2. The number of hydrogen-bond acceptors (Lipinski definition) is 7. The first-order chi connectivity index (χ1) is 14.6. The van der Waals surface area contributed by atoms with Gasteiger partial charge in [-0.25, -0.2) is 14.7 Å². The van der Waals surface area contributed by atoms with E-state index in [-0.39, 0.29) is 12.1 Å². The van der Waals surface area contributed by atoms with Crippen molar-refractivity contribution in [2.24, 2.45) is 0 Å². The fourth-order valence-corrected chi connectivity index (χ4v) is 2.76. The number of methoxy groups -OCH3 is 2. The van der Waals surface area contributed by atoms with E-state index in [1.54, 1.807) is 26.5 Å². The van der Waals surface area contributed by atoms with E-state index in [2.05, 4.69) is 20.6 Å². The summed E-state index contributed by atoms with van der Waals surface area (Å²) in [5, 5.41) is 6.08. The molecule has 9 heteroatoms. The van der Waals surface area contributed by atoms with Gasteiger partial charge in [-0.1, -0.05) is 0 Å². The monoisotopic (exact) mass is 417 g/mol. The molecule has 30 heavy (non-hydrogen) atoms. The number of anilines is 3. The minimum Gasteiger partial charge on any atom is -0.494 e. The van der Waals surface area contributed by atoms with Crippen LogP contribution in [0.2, 0.25) is 0 Å². The van der Waals surface area contributed by atoms with Gasteiger partial charge in [-0.05, 0) is 44.5 Å². The molecule has 2 rings (SSSR count). The van der Waals surface area contributed by atoms with Gasteiger partial charge in [-0.3, -0.25) is 0 Å². The molecular formula is C21H31N5O4. The van der Waals surface area contributed by atoms with Crippen molar-refractivity contribution < 1.29 is 19.0 Å². The summed E-state index contributed by atoms with van der Waals surface area (Å²) in [7, 11) is 3.27.